The lowest BCUT2D eigenvalue weighted by Gasteiger charge is -2.19. The number of hydrogen-bond donors (Lipinski definition) is 0. The fourth-order valence-corrected chi connectivity index (χ4v) is 3.46. The Bertz CT molecular complexity index is 712. The molecule has 0 aromatic heterocycles. The Morgan fingerprint density at radius 2 is 1.70 bits per heavy atom. The lowest BCUT2D eigenvalue weighted by atomic mass is 9.85. The van der Waals surface area contributed by atoms with Crippen LogP contribution in [0.25, 0.3) is 17.2 Å². The van der Waals surface area contributed by atoms with Crippen molar-refractivity contribution in [3.05, 3.63) is 64.7 Å². The summed E-state index contributed by atoms with van der Waals surface area (Å²) in [7, 11) is 0. The zero-order chi connectivity index (χ0) is 16.4. The highest BCUT2D eigenvalue weighted by molar-refractivity contribution is 5.83. The summed E-state index contributed by atoms with van der Waals surface area (Å²) in [5.74, 6) is 0. The molecular weight excluding hydrogens is 276 g/mol. The summed E-state index contributed by atoms with van der Waals surface area (Å²) in [6.45, 7) is 9.24. The standard InChI is InChI=1S/C23H28/c1-5-6-10-18-13-14-19-15-20(23(2,3)4)16-21(19)22(18)17-11-8-7-9-12-17/h7-9,11-14,16H,5-6,10,15H2,1-4H3. The summed E-state index contributed by atoms with van der Waals surface area (Å²) >= 11 is 0. The van der Waals surface area contributed by atoms with E-state index in [9.17, 15) is 0 Å². The van der Waals surface area contributed by atoms with Gasteiger partial charge in [0.2, 0.25) is 0 Å². The van der Waals surface area contributed by atoms with Gasteiger partial charge < -0.3 is 0 Å². The summed E-state index contributed by atoms with van der Waals surface area (Å²) in [6.07, 6.45) is 7.25. The van der Waals surface area contributed by atoms with Crippen molar-refractivity contribution in [3.63, 3.8) is 0 Å². The summed E-state index contributed by atoms with van der Waals surface area (Å²) in [6, 6.07) is 15.7. The van der Waals surface area contributed by atoms with Gasteiger partial charge in [0.1, 0.15) is 0 Å². The molecule has 0 heterocycles. The molecule has 0 aliphatic heterocycles. The molecule has 0 nitrogen and oxygen atoms in total. The van der Waals surface area contributed by atoms with Crippen molar-refractivity contribution in [1.82, 2.24) is 0 Å². The summed E-state index contributed by atoms with van der Waals surface area (Å²) in [5, 5.41) is 0. The van der Waals surface area contributed by atoms with E-state index in [1.165, 1.54) is 47.1 Å². The lowest BCUT2D eigenvalue weighted by Crippen LogP contribution is -2.08. The second kappa shape index (κ2) is 6.35. The van der Waals surface area contributed by atoms with E-state index in [1.807, 2.05) is 0 Å². The molecular formula is C23H28. The highest BCUT2D eigenvalue weighted by Crippen LogP contribution is 2.42. The largest absolute Gasteiger partial charge is 0.0654 e. The third-order valence-electron chi connectivity index (χ3n) is 4.95. The molecule has 0 atom stereocenters. The average molecular weight is 304 g/mol. The first-order valence-electron chi connectivity index (χ1n) is 8.92. The van der Waals surface area contributed by atoms with E-state index < -0.39 is 0 Å². The van der Waals surface area contributed by atoms with E-state index in [0.717, 1.165) is 6.42 Å². The van der Waals surface area contributed by atoms with E-state index in [4.69, 9.17) is 0 Å². The van der Waals surface area contributed by atoms with Crippen LogP contribution < -0.4 is 0 Å². The average Bonchev–Trinajstić information content (AvgIpc) is 2.97. The van der Waals surface area contributed by atoms with Crippen LogP contribution in [-0.4, -0.2) is 0 Å². The highest BCUT2D eigenvalue weighted by Gasteiger charge is 2.25. The number of aryl methyl sites for hydroxylation is 1. The molecule has 0 heteroatoms. The Kier molecular flexibility index (Phi) is 4.43. The van der Waals surface area contributed by atoms with Gasteiger partial charge in [0.15, 0.2) is 0 Å². The van der Waals surface area contributed by atoms with Crippen molar-refractivity contribution in [2.45, 2.75) is 53.4 Å². The first-order valence-corrected chi connectivity index (χ1v) is 8.92. The van der Waals surface area contributed by atoms with Gasteiger partial charge in [0, 0.05) is 0 Å². The molecule has 1 aliphatic rings. The topological polar surface area (TPSA) is 0 Å². The predicted octanol–water partition coefficient (Wildman–Crippen LogP) is 6.68. The maximum atomic E-state index is 2.47. The van der Waals surface area contributed by atoms with Crippen LogP contribution in [0.3, 0.4) is 0 Å². The number of rotatable bonds is 4. The van der Waals surface area contributed by atoms with Crippen molar-refractivity contribution in [2.75, 3.05) is 0 Å². The molecule has 0 radical (unpaired) electrons. The lowest BCUT2D eigenvalue weighted by molar-refractivity contribution is 0.498. The Hall–Kier alpha value is -1.82. The smallest absolute Gasteiger partial charge is 0.00523 e. The van der Waals surface area contributed by atoms with E-state index in [-0.39, 0.29) is 5.41 Å². The minimum atomic E-state index is 0.247. The van der Waals surface area contributed by atoms with Gasteiger partial charge in [-0.3, -0.25) is 0 Å². The summed E-state index contributed by atoms with van der Waals surface area (Å²) < 4.78 is 0. The molecule has 2 aromatic carbocycles. The van der Waals surface area contributed by atoms with Crippen molar-refractivity contribution in [3.8, 4) is 11.1 Å². The Morgan fingerprint density at radius 1 is 0.957 bits per heavy atom. The van der Waals surface area contributed by atoms with Gasteiger partial charge >= 0.3 is 0 Å². The molecule has 0 unspecified atom stereocenters. The molecule has 120 valence electrons. The van der Waals surface area contributed by atoms with Gasteiger partial charge in [-0.25, -0.2) is 0 Å². The van der Waals surface area contributed by atoms with E-state index >= 15 is 0 Å². The molecule has 1 aliphatic carbocycles. The number of unbranched alkanes of at least 4 members (excludes halogenated alkanes) is 1. The molecule has 3 rings (SSSR count). The maximum Gasteiger partial charge on any atom is -0.00523 e. The third kappa shape index (κ3) is 3.27. The van der Waals surface area contributed by atoms with Crippen molar-refractivity contribution in [2.24, 2.45) is 5.41 Å². The Balaban J connectivity index is 2.15. The predicted molar refractivity (Wildman–Crippen MR) is 102 cm³/mol. The van der Waals surface area contributed by atoms with Gasteiger partial charge in [-0.2, -0.15) is 0 Å². The van der Waals surface area contributed by atoms with Crippen LogP contribution in [0.5, 0.6) is 0 Å². The Labute approximate surface area is 141 Å². The van der Waals surface area contributed by atoms with E-state index in [2.05, 4.69) is 76.2 Å². The molecule has 0 bridgehead atoms. The number of fused-ring (bicyclic) bond motifs is 1. The number of hydrogen-bond acceptors (Lipinski definition) is 0. The fourth-order valence-electron chi connectivity index (χ4n) is 3.46. The van der Waals surface area contributed by atoms with E-state index in [0.29, 0.717) is 0 Å². The maximum absolute atomic E-state index is 2.47. The minimum absolute atomic E-state index is 0.247. The van der Waals surface area contributed by atoms with Crippen LogP contribution in [-0.2, 0) is 12.8 Å². The van der Waals surface area contributed by atoms with Gasteiger partial charge in [-0.05, 0) is 52.5 Å². The van der Waals surface area contributed by atoms with Crippen LogP contribution in [0.1, 0.15) is 57.2 Å². The van der Waals surface area contributed by atoms with Gasteiger partial charge in [0.25, 0.3) is 0 Å². The molecule has 0 saturated carbocycles. The number of benzene rings is 2. The molecule has 0 fully saturated rings. The van der Waals surface area contributed by atoms with Crippen LogP contribution in [0.4, 0.5) is 0 Å². The second-order valence-corrected chi connectivity index (χ2v) is 7.74. The first-order chi connectivity index (χ1) is 11.0. The van der Waals surface area contributed by atoms with Crippen LogP contribution in [0.2, 0.25) is 0 Å². The molecule has 0 N–H and O–H groups in total. The van der Waals surface area contributed by atoms with Gasteiger partial charge in [-0.15, -0.1) is 0 Å². The second-order valence-electron chi connectivity index (χ2n) is 7.74. The van der Waals surface area contributed by atoms with Gasteiger partial charge in [-0.1, -0.05) is 88.2 Å². The van der Waals surface area contributed by atoms with Crippen LogP contribution >= 0.6 is 0 Å². The molecule has 0 saturated heterocycles. The first kappa shape index (κ1) is 16.1. The molecule has 0 amide bonds. The highest BCUT2D eigenvalue weighted by atomic mass is 14.3. The SMILES string of the molecule is CCCCc1ccc2c(c1-c1ccccc1)C=C(C(C)(C)C)C2. The third-order valence-corrected chi connectivity index (χ3v) is 4.95. The van der Waals surface area contributed by atoms with Gasteiger partial charge in [0.05, 0.1) is 0 Å². The van der Waals surface area contributed by atoms with Crippen molar-refractivity contribution in [1.29, 1.82) is 0 Å². The monoisotopic (exact) mass is 304 g/mol. The van der Waals surface area contributed by atoms with Crippen LogP contribution in [0.15, 0.2) is 48.0 Å². The summed E-state index contributed by atoms with van der Waals surface area (Å²) in [5.41, 5.74) is 9.10. The molecule has 23 heavy (non-hydrogen) atoms. The zero-order valence-corrected chi connectivity index (χ0v) is 14.9. The number of allylic oxidation sites excluding steroid dienone is 1. The van der Waals surface area contributed by atoms with Crippen molar-refractivity contribution < 1.29 is 0 Å². The van der Waals surface area contributed by atoms with Crippen LogP contribution in [0, 0.1) is 5.41 Å². The molecule has 0 spiro atoms. The summed E-state index contributed by atoms with van der Waals surface area (Å²) in [4.78, 5) is 0. The van der Waals surface area contributed by atoms with E-state index in [1.54, 1.807) is 5.57 Å². The molecule has 2 aromatic rings. The minimum Gasteiger partial charge on any atom is -0.0654 e. The fraction of sp³-hybridized carbons (Fsp3) is 0.391. The Morgan fingerprint density at radius 3 is 2.35 bits per heavy atom. The zero-order valence-electron chi connectivity index (χ0n) is 14.9. The quantitative estimate of drug-likeness (QED) is 0.591. The van der Waals surface area contributed by atoms with Crippen molar-refractivity contribution >= 4 is 6.08 Å². The normalized spacial score (nSPS) is 13.8.